The zero-order valence-corrected chi connectivity index (χ0v) is 17.3. The van der Waals surface area contributed by atoms with Crippen molar-refractivity contribution in [2.45, 2.75) is 142 Å². The molecule has 0 saturated heterocycles. The van der Waals surface area contributed by atoms with Gasteiger partial charge in [-0.25, -0.2) is 0 Å². The Labute approximate surface area is 154 Å². The molecule has 0 heterocycles. The Morgan fingerprint density at radius 3 is 1.21 bits per heavy atom. The lowest BCUT2D eigenvalue weighted by molar-refractivity contribution is 0.147. The van der Waals surface area contributed by atoms with E-state index in [0.717, 1.165) is 18.8 Å². The minimum Gasteiger partial charge on any atom is -0.393 e. The van der Waals surface area contributed by atoms with Crippen molar-refractivity contribution in [3.63, 3.8) is 0 Å². The van der Waals surface area contributed by atoms with E-state index in [4.69, 9.17) is 0 Å². The molecule has 0 aromatic carbocycles. The summed E-state index contributed by atoms with van der Waals surface area (Å²) >= 11 is 0. The molecule has 0 aromatic heterocycles. The Balaban J connectivity index is 3.13. The van der Waals surface area contributed by atoms with Crippen LogP contribution in [-0.2, 0) is 0 Å². The molecule has 0 aliphatic carbocycles. The number of unbranched alkanes of at least 4 members (excludes halogenated alkanes) is 13. The van der Waals surface area contributed by atoms with Crippen LogP contribution >= 0.6 is 0 Å². The Bertz CT molecular complexity index is 224. The van der Waals surface area contributed by atoms with Crippen molar-refractivity contribution in [2.75, 3.05) is 0 Å². The SMILES string of the molecule is CCCCCCCCCCCCCC(O)CCCCCCC(C)C. The molecule has 0 aliphatic rings. The second-order valence-corrected chi connectivity index (χ2v) is 8.36. The van der Waals surface area contributed by atoms with Crippen LogP contribution in [0.5, 0.6) is 0 Å². The Kier molecular flexibility index (Phi) is 19.3. The first-order valence-corrected chi connectivity index (χ1v) is 11.3. The molecule has 0 radical (unpaired) electrons. The Morgan fingerprint density at radius 2 is 0.833 bits per heavy atom. The molecule has 0 aliphatic heterocycles. The standard InChI is InChI=1S/C23H48O/c1-4-5-6-7-8-9-10-11-12-13-17-20-23(24)21-18-15-14-16-19-22(2)3/h22-24H,4-21H2,1-3H3. The van der Waals surface area contributed by atoms with Crippen molar-refractivity contribution in [3.05, 3.63) is 0 Å². The first-order chi connectivity index (χ1) is 11.7. The Morgan fingerprint density at radius 1 is 0.500 bits per heavy atom. The molecule has 146 valence electrons. The summed E-state index contributed by atoms with van der Waals surface area (Å²) in [5.74, 6) is 0.844. The highest BCUT2D eigenvalue weighted by atomic mass is 16.3. The van der Waals surface area contributed by atoms with Gasteiger partial charge < -0.3 is 5.11 Å². The van der Waals surface area contributed by atoms with E-state index in [9.17, 15) is 5.11 Å². The molecule has 1 N–H and O–H groups in total. The molecular formula is C23H48O. The molecule has 24 heavy (non-hydrogen) atoms. The number of rotatable bonds is 19. The quantitative estimate of drug-likeness (QED) is 0.236. The largest absolute Gasteiger partial charge is 0.393 e. The van der Waals surface area contributed by atoms with E-state index in [1.54, 1.807) is 0 Å². The number of aliphatic hydroxyl groups is 1. The highest BCUT2D eigenvalue weighted by molar-refractivity contribution is 4.58. The molecule has 1 nitrogen and oxygen atoms in total. The lowest BCUT2D eigenvalue weighted by Gasteiger charge is -2.10. The zero-order chi connectivity index (χ0) is 17.9. The van der Waals surface area contributed by atoms with Gasteiger partial charge in [-0.05, 0) is 18.8 Å². The predicted molar refractivity (Wildman–Crippen MR) is 110 cm³/mol. The second-order valence-electron chi connectivity index (χ2n) is 8.36. The van der Waals surface area contributed by atoms with Crippen LogP contribution in [-0.4, -0.2) is 11.2 Å². The number of aliphatic hydroxyl groups excluding tert-OH is 1. The normalized spacial score (nSPS) is 12.9. The molecule has 0 spiro atoms. The molecule has 1 atom stereocenters. The topological polar surface area (TPSA) is 20.2 Å². The minimum absolute atomic E-state index is 0.0336. The maximum Gasteiger partial charge on any atom is 0.0540 e. The highest BCUT2D eigenvalue weighted by Crippen LogP contribution is 2.15. The lowest BCUT2D eigenvalue weighted by atomic mass is 10.0. The van der Waals surface area contributed by atoms with Crippen molar-refractivity contribution in [2.24, 2.45) is 5.92 Å². The van der Waals surface area contributed by atoms with Crippen molar-refractivity contribution >= 4 is 0 Å². The number of hydrogen-bond acceptors (Lipinski definition) is 1. The molecular weight excluding hydrogens is 292 g/mol. The zero-order valence-electron chi connectivity index (χ0n) is 17.3. The summed E-state index contributed by atoms with van der Waals surface area (Å²) in [6, 6.07) is 0. The fourth-order valence-electron chi connectivity index (χ4n) is 3.47. The predicted octanol–water partition coefficient (Wildman–Crippen LogP) is 8.05. The lowest BCUT2D eigenvalue weighted by Crippen LogP contribution is -2.05. The van der Waals surface area contributed by atoms with Crippen LogP contribution in [0.25, 0.3) is 0 Å². The summed E-state index contributed by atoms with van der Waals surface area (Å²) in [6.07, 6.45) is 23.9. The second kappa shape index (κ2) is 19.3. The van der Waals surface area contributed by atoms with Crippen LogP contribution in [0, 0.1) is 5.92 Å². The van der Waals surface area contributed by atoms with E-state index < -0.39 is 0 Å². The minimum atomic E-state index is -0.0336. The summed E-state index contributed by atoms with van der Waals surface area (Å²) in [6.45, 7) is 6.89. The van der Waals surface area contributed by atoms with Crippen LogP contribution in [0.4, 0.5) is 0 Å². The highest BCUT2D eigenvalue weighted by Gasteiger charge is 2.04. The third-order valence-corrected chi connectivity index (χ3v) is 5.21. The first-order valence-electron chi connectivity index (χ1n) is 11.3. The number of hydrogen-bond donors (Lipinski definition) is 1. The summed E-state index contributed by atoms with van der Waals surface area (Å²) in [5.41, 5.74) is 0. The van der Waals surface area contributed by atoms with E-state index in [2.05, 4.69) is 20.8 Å². The molecule has 0 amide bonds. The van der Waals surface area contributed by atoms with Crippen molar-refractivity contribution < 1.29 is 5.11 Å². The molecule has 0 rings (SSSR count). The molecule has 0 saturated carbocycles. The van der Waals surface area contributed by atoms with Gasteiger partial charge in [-0.3, -0.25) is 0 Å². The van der Waals surface area contributed by atoms with E-state index in [1.165, 1.54) is 103 Å². The van der Waals surface area contributed by atoms with E-state index in [0.29, 0.717) is 0 Å². The summed E-state index contributed by atoms with van der Waals surface area (Å²) in [4.78, 5) is 0. The van der Waals surface area contributed by atoms with E-state index in [1.807, 2.05) is 0 Å². The van der Waals surface area contributed by atoms with Gasteiger partial charge in [0, 0.05) is 0 Å². The molecule has 1 heteroatoms. The van der Waals surface area contributed by atoms with Crippen molar-refractivity contribution in [1.82, 2.24) is 0 Å². The third kappa shape index (κ3) is 20.0. The van der Waals surface area contributed by atoms with Crippen LogP contribution in [0.15, 0.2) is 0 Å². The average molecular weight is 341 g/mol. The monoisotopic (exact) mass is 340 g/mol. The maximum absolute atomic E-state index is 10.0. The van der Waals surface area contributed by atoms with Gasteiger partial charge in [0.25, 0.3) is 0 Å². The van der Waals surface area contributed by atoms with E-state index in [-0.39, 0.29) is 6.10 Å². The smallest absolute Gasteiger partial charge is 0.0540 e. The van der Waals surface area contributed by atoms with Crippen molar-refractivity contribution in [1.29, 1.82) is 0 Å². The van der Waals surface area contributed by atoms with Crippen LogP contribution < -0.4 is 0 Å². The first kappa shape index (κ1) is 24.0. The van der Waals surface area contributed by atoms with Crippen LogP contribution in [0.1, 0.15) is 136 Å². The van der Waals surface area contributed by atoms with Gasteiger partial charge in [-0.2, -0.15) is 0 Å². The summed E-state index contributed by atoms with van der Waals surface area (Å²) in [7, 11) is 0. The Hall–Kier alpha value is -0.0400. The molecule has 0 aromatic rings. The van der Waals surface area contributed by atoms with Crippen molar-refractivity contribution in [3.8, 4) is 0 Å². The van der Waals surface area contributed by atoms with Crippen LogP contribution in [0.2, 0.25) is 0 Å². The van der Waals surface area contributed by atoms with Gasteiger partial charge in [-0.15, -0.1) is 0 Å². The summed E-state index contributed by atoms with van der Waals surface area (Å²) < 4.78 is 0. The molecule has 0 bridgehead atoms. The third-order valence-electron chi connectivity index (χ3n) is 5.21. The van der Waals surface area contributed by atoms with E-state index >= 15 is 0 Å². The summed E-state index contributed by atoms with van der Waals surface area (Å²) in [5, 5.41) is 10.0. The van der Waals surface area contributed by atoms with Gasteiger partial charge >= 0.3 is 0 Å². The molecule has 0 fully saturated rings. The van der Waals surface area contributed by atoms with Gasteiger partial charge in [0.05, 0.1) is 6.10 Å². The van der Waals surface area contributed by atoms with Gasteiger partial charge in [0.1, 0.15) is 0 Å². The van der Waals surface area contributed by atoms with Crippen LogP contribution in [0.3, 0.4) is 0 Å². The fourth-order valence-corrected chi connectivity index (χ4v) is 3.47. The maximum atomic E-state index is 10.0. The molecule has 1 unspecified atom stereocenters. The van der Waals surface area contributed by atoms with Gasteiger partial charge in [0.15, 0.2) is 0 Å². The average Bonchev–Trinajstić information content (AvgIpc) is 2.55. The fraction of sp³-hybridized carbons (Fsp3) is 1.00. The van der Waals surface area contributed by atoms with Gasteiger partial charge in [-0.1, -0.05) is 124 Å². The van der Waals surface area contributed by atoms with Gasteiger partial charge in [0.2, 0.25) is 0 Å².